The van der Waals surface area contributed by atoms with E-state index >= 15 is 0 Å². The van der Waals surface area contributed by atoms with Crippen LogP contribution >= 0.6 is 0 Å². The Hall–Kier alpha value is -2.32. The van der Waals surface area contributed by atoms with Gasteiger partial charge in [-0.2, -0.15) is 0 Å². The quantitative estimate of drug-likeness (QED) is 0.243. The van der Waals surface area contributed by atoms with Gasteiger partial charge in [-0.15, -0.1) is 0 Å². The van der Waals surface area contributed by atoms with Crippen LogP contribution in [0.3, 0.4) is 0 Å². The lowest BCUT2D eigenvalue weighted by atomic mass is 10.2. The van der Waals surface area contributed by atoms with Crippen LogP contribution in [0.5, 0.6) is 0 Å². The molecule has 8 nitrogen and oxygen atoms in total. The fourth-order valence-corrected chi connectivity index (χ4v) is 1.58. The maximum absolute atomic E-state index is 10.7. The van der Waals surface area contributed by atoms with Crippen molar-refractivity contribution in [2.24, 2.45) is 11.5 Å². The molecule has 0 saturated heterocycles. The van der Waals surface area contributed by atoms with Crippen LogP contribution in [0.2, 0.25) is 0 Å². The van der Waals surface area contributed by atoms with Gasteiger partial charge in [0.2, 0.25) is 0 Å². The summed E-state index contributed by atoms with van der Waals surface area (Å²) in [7, 11) is 0. The van der Waals surface area contributed by atoms with E-state index in [1.807, 2.05) is 13.8 Å². The molecule has 0 rings (SSSR count). The standard InChI is InChI=1S/C12H20N2O2.C5H8O2.C2H8N2/c1-9(7-11(3)15)13-5-6-14-10(2)8-12(4)16;1-4(6)3-5(2)7;3-1-2-4/h7-8,13-14H,5-6H2,1-4H3;3H2,1-2H3;1-4H2. The van der Waals surface area contributed by atoms with Crippen LogP contribution in [0.4, 0.5) is 0 Å². The van der Waals surface area contributed by atoms with Gasteiger partial charge in [-0.25, -0.2) is 0 Å². The molecule has 0 atom stereocenters. The van der Waals surface area contributed by atoms with E-state index in [-0.39, 0.29) is 29.6 Å². The first-order valence-electron chi connectivity index (χ1n) is 8.70. The number of allylic oxidation sites excluding steroid dienone is 4. The summed E-state index contributed by atoms with van der Waals surface area (Å²) in [5.74, 6) is -0.0590. The molecule has 0 aliphatic heterocycles. The highest BCUT2D eigenvalue weighted by Gasteiger charge is 1.95. The van der Waals surface area contributed by atoms with Crippen molar-refractivity contribution < 1.29 is 19.2 Å². The second-order valence-electron chi connectivity index (χ2n) is 5.89. The van der Waals surface area contributed by atoms with Crippen molar-refractivity contribution >= 4 is 23.1 Å². The maximum atomic E-state index is 10.7. The lowest BCUT2D eigenvalue weighted by Gasteiger charge is -2.08. The van der Waals surface area contributed by atoms with Crippen molar-refractivity contribution in [2.45, 2.75) is 48.0 Å². The minimum atomic E-state index is -0.0625. The van der Waals surface area contributed by atoms with Gasteiger partial charge in [0.25, 0.3) is 0 Å². The Morgan fingerprint density at radius 1 is 0.667 bits per heavy atom. The lowest BCUT2D eigenvalue weighted by Crippen LogP contribution is -2.25. The van der Waals surface area contributed by atoms with E-state index in [0.29, 0.717) is 26.2 Å². The van der Waals surface area contributed by atoms with Crippen molar-refractivity contribution in [3.05, 3.63) is 23.5 Å². The summed E-state index contributed by atoms with van der Waals surface area (Å²) in [6.45, 7) is 12.1. The molecule has 0 unspecified atom stereocenters. The molecule has 27 heavy (non-hydrogen) atoms. The molecule has 0 saturated carbocycles. The monoisotopic (exact) mass is 384 g/mol. The Bertz CT molecular complexity index is 480. The van der Waals surface area contributed by atoms with Crippen molar-refractivity contribution in [1.82, 2.24) is 10.6 Å². The van der Waals surface area contributed by atoms with Crippen LogP contribution in [-0.4, -0.2) is 49.3 Å². The van der Waals surface area contributed by atoms with Crippen molar-refractivity contribution in [3.63, 3.8) is 0 Å². The summed E-state index contributed by atoms with van der Waals surface area (Å²) in [6.07, 6.45) is 3.19. The molecule has 8 heteroatoms. The first-order valence-corrected chi connectivity index (χ1v) is 8.70. The minimum absolute atomic E-state index is 0.0330. The predicted molar refractivity (Wildman–Crippen MR) is 109 cm³/mol. The molecule has 0 fully saturated rings. The van der Waals surface area contributed by atoms with Crippen molar-refractivity contribution in [2.75, 3.05) is 26.2 Å². The van der Waals surface area contributed by atoms with E-state index in [2.05, 4.69) is 10.6 Å². The summed E-state index contributed by atoms with van der Waals surface area (Å²) < 4.78 is 0. The number of hydrogen-bond donors (Lipinski definition) is 4. The molecular weight excluding hydrogens is 348 g/mol. The first kappa shape index (κ1) is 29.4. The number of nitrogens with one attached hydrogen (secondary N) is 2. The van der Waals surface area contributed by atoms with E-state index in [0.717, 1.165) is 11.4 Å². The molecule has 0 aromatic carbocycles. The van der Waals surface area contributed by atoms with E-state index in [1.54, 1.807) is 12.2 Å². The minimum Gasteiger partial charge on any atom is -0.387 e. The van der Waals surface area contributed by atoms with Gasteiger partial charge in [-0.1, -0.05) is 0 Å². The molecule has 0 amide bonds. The molecule has 6 N–H and O–H groups in total. The molecule has 0 spiro atoms. The van der Waals surface area contributed by atoms with Gasteiger partial charge in [0.05, 0.1) is 6.42 Å². The molecular formula is C19H36N4O4. The van der Waals surface area contributed by atoms with Crippen LogP contribution in [0, 0.1) is 0 Å². The zero-order valence-corrected chi connectivity index (χ0v) is 17.5. The largest absolute Gasteiger partial charge is 0.387 e. The summed E-state index contributed by atoms with van der Waals surface area (Å²) in [5.41, 5.74) is 11.5. The Morgan fingerprint density at radius 3 is 1.11 bits per heavy atom. The number of carbonyl (C=O) groups excluding carboxylic acids is 4. The summed E-state index contributed by atoms with van der Waals surface area (Å²) in [5, 5.41) is 6.18. The molecule has 0 aliphatic rings. The fourth-order valence-electron chi connectivity index (χ4n) is 1.58. The summed E-state index contributed by atoms with van der Waals surface area (Å²) >= 11 is 0. The number of rotatable bonds is 10. The second-order valence-corrected chi connectivity index (χ2v) is 5.89. The maximum Gasteiger partial charge on any atom is 0.154 e. The van der Waals surface area contributed by atoms with Crippen molar-refractivity contribution in [1.29, 1.82) is 0 Å². The number of ketones is 4. The number of nitrogens with two attached hydrogens (primary N) is 2. The van der Waals surface area contributed by atoms with Crippen LogP contribution in [0.1, 0.15) is 48.0 Å². The molecule has 0 aromatic rings. The Kier molecular flexibility index (Phi) is 21.8. The number of Topliss-reactive ketones (excluding diaryl/α,β-unsaturated/α-hetero) is 2. The van der Waals surface area contributed by atoms with Crippen molar-refractivity contribution in [3.8, 4) is 0 Å². The normalized spacial score (nSPS) is 10.5. The number of hydrogen-bond acceptors (Lipinski definition) is 8. The summed E-state index contributed by atoms with van der Waals surface area (Å²) in [6, 6.07) is 0. The average Bonchev–Trinajstić information content (AvgIpc) is 2.49. The molecule has 0 heterocycles. The molecule has 0 aromatic heterocycles. The zero-order chi connectivity index (χ0) is 21.8. The lowest BCUT2D eigenvalue weighted by molar-refractivity contribution is -0.124. The van der Waals surface area contributed by atoms with Crippen LogP contribution in [-0.2, 0) is 19.2 Å². The van der Waals surface area contributed by atoms with Gasteiger partial charge in [0.1, 0.15) is 11.6 Å². The van der Waals surface area contributed by atoms with E-state index in [9.17, 15) is 19.2 Å². The zero-order valence-electron chi connectivity index (χ0n) is 17.5. The average molecular weight is 385 g/mol. The van der Waals surface area contributed by atoms with Gasteiger partial charge < -0.3 is 22.1 Å². The van der Waals surface area contributed by atoms with Crippen LogP contribution in [0.25, 0.3) is 0 Å². The molecule has 156 valence electrons. The van der Waals surface area contributed by atoms with Crippen LogP contribution in [0.15, 0.2) is 23.5 Å². The summed E-state index contributed by atoms with van der Waals surface area (Å²) in [4.78, 5) is 41.5. The highest BCUT2D eigenvalue weighted by atomic mass is 16.1. The smallest absolute Gasteiger partial charge is 0.154 e. The Balaban J connectivity index is -0.000000431. The van der Waals surface area contributed by atoms with E-state index < -0.39 is 0 Å². The first-order chi connectivity index (χ1) is 12.5. The molecule has 0 aliphatic carbocycles. The van der Waals surface area contributed by atoms with Gasteiger partial charge in [-0.3, -0.25) is 19.2 Å². The molecule has 0 bridgehead atoms. The number of carbonyl (C=O) groups is 4. The van der Waals surface area contributed by atoms with E-state index in [1.165, 1.54) is 27.7 Å². The Labute approximate surface area is 162 Å². The predicted octanol–water partition coefficient (Wildman–Crippen LogP) is 0.610. The highest BCUT2D eigenvalue weighted by Crippen LogP contribution is 1.88. The van der Waals surface area contributed by atoms with E-state index in [4.69, 9.17) is 11.5 Å². The van der Waals surface area contributed by atoms with Gasteiger partial charge in [0, 0.05) is 37.6 Å². The Morgan fingerprint density at radius 2 is 0.963 bits per heavy atom. The second kappa shape index (κ2) is 20.0. The topological polar surface area (TPSA) is 144 Å². The van der Waals surface area contributed by atoms with Gasteiger partial charge in [0.15, 0.2) is 11.6 Å². The third-order valence-corrected chi connectivity index (χ3v) is 2.44. The SMILES string of the molecule is CC(=O)C=C(C)NCCNC(C)=CC(C)=O.CC(=O)CC(C)=O.NCCN. The fraction of sp³-hybridized carbons (Fsp3) is 0.579. The van der Waals surface area contributed by atoms with Crippen LogP contribution < -0.4 is 22.1 Å². The molecule has 0 radical (unpaired) electrons. The van der Waals surface area contributed by atoms with Gasteiger partial charge >= 0.3 is 0 Å². The third kappa shape index (κ3) is 35.6. The third-order valence-electron chi connectivity index (χ3n) is 2.44. The highest BCUT2D eigenvalue weighted by molar-refractivity contribution is 5.96. The van der Waals surface area contributed by atoms with Gasteiger partial charge in [-0.05, 0) is 53.7 Å².